The number of urea groups is 1. The average molecular weight is 388 g/mol. The Morgan fingerprint density at radius 2 is 1.96 bits per heavy atom. The number of nitrogens with zero attached hydrogens (tertiary/aromatic N) is 1. The molecule has 1 unspecified atom stereocenters. The number of amides is 2. The molecule has 0 aliphatic heterocycles. The van der Waals surface area contributed by atoms with Crippen LogP contribution < -0.4 is 10.6 Å². The molecule has 0 bridgehead atoms. The topological polar surface area (TPSA) is 44.4 Å². The SMILES string of the molecule is C[C@H](NC(=O)NCC(Cc1csc2ccccc12)N(C)C)c1cccs1. The van der Waals surface area contributed by atoms with E-state index in [-0.39, 0.29) is 18.1 Å². The van der Waals surface area contributed by atoms with Crippen molar-refractivity contribution in [1.29, 1.82) is 0 Å². The number of likely N-dealkylation sites (N-methyl/N-ethyl adjacent to an activating group) is 1. The van der Waals surface area contributed by atoms with Gasteiger partial charge in [0.25, 0.3) is 0 Å². The minimum absolute atomic E-state index is 0.0219. The smallest absolute Gasteiger partial charge is 0.315 e. The van der Waals surface area contributed by atoms with Gasteiger partial charge in [0, 0.05) is 22.2 Å². The van der Waals surface area contributed by atoms with Crippen LogP contribution in [0.5, 0.6) is 0 Å². The highest BCUT2D eigenvalue weighted by molar-refractivity contribution is 7.17. The Kier molecular flexibility index (Phi) is 6.29. The summed E-state index contributed by atoms with van der Waals surface area (Å²) in [5, 5.41) is 11.6. The number of hydrogen-bond donors (Lipinski definition) is 2. The van der Waals surface area contributed by atoms with Crippen LogP contribution in [0, 0.1) is 0 Å². The minimum Gasteiger partial charge on any atom is -0.337 e. The number of hydrogen-bond acceptors (Lipinski definition) is 4. The van der Waals surface area contributed by atoms with Gasteiger partial charge in [0.2, 0.25) is 0 Å². The van der Waals surface area contributed by atoms with Crippen molar-refractivity contribution >= 4 is 38.8 Å². The van der Waals surface area contributed by atoms with E-state index in [4.69, 9.17) is 0 Å². The van der Waals surface area contributed by atoms with Crippen molar-refractivity contribution in [3.8, 4) is 0 Å². The number of nitrogens with one attached hydrogen (secondary N) is 2. The van der Waals surface area contributed by atoms with Crippen molar-refractivity contribution in [2.45, 2.75) is 25.4 Å². The first-order valence-corrected chi connectivity index (χ1v) is 10.5. The molecule has 0 saturated heterocycles. The van der Waals surface area contributed by atoms with Crippen LogP contribution in [0.25, 0.3) is 10.1 Å². The van der Waals surface area contributed by atoms with Crippen LogP contribution in [-0.2, 0) is 6.42 Å². The lowest BCUT2D eigenvalue weighted by Crippen LogP contribution is -2.45. The number of carbonyl (C=O) groups is 1. The maximum absolute atomic E-state index is 12.3. The second kappa shape index (κ2) is 8.66. The third kappa shape index (κ3) is 4.63. The molecule has 0 aliphatic carbocycles. The highest BCUT2D eigenvalue weighted by Gasteiger charge is 2.17. The molecule has 0 spiro atoms. The van der Waals surface area contributed by atoms with Crippen LogP contribution in [0.1, 0.15) is 23.4 Å². The van der Waals surface area contributed by atoms with Crippen LogP contribution in [0.3, 0.4) is 0 Å². The molecule has 26 heavy (non-hydrogen) atoms. The molecule has 0 saturated carbocycles. The molecule has 2 heterocycles. The third-order valence-electron chi connectivity index (χ3n) is 4.56. The largest absolute Gasteiger partial charge is 0.337 e. The lowest BCUT2D eigenvalue weighted by molar-refractivity contribution is 0.229. The average Bonchev–Trinajstić information content (AvgIpc) is 3.28. The summed E-state index contributed by atoms with van der Waals surface area (Å²) in [6.07, 6.45) is 0.914. The normalized spacial score (nSPS) is 13.7. The number of carbonyl (C=O) groups excluding carboxylic acids is 1. The summed E-state index contributed by atoms with van der Waals surface area (Å²) in [4.78, 5) is 15.6. The number of rotatable bonds is 7. The molecule has 3 aromatic rings. The first-order valence-electron chi connectivity index (χ1n) is 8.74. The van der Waals surface area contributed by atoms with Crippen LogP contribution in [0.2, 0.25) is 0 Å². The molecule has 2 atom stereocenters. The highest BCUT2D eigenvalue weighted by atomic mass is 32.1. The van der Waals surface area contributed by atoms with E-state index < -0.39 is 0 Å². The van der Waals surface area contributed by atoms with Gasteiger partial charge < -0.3 is 15.5 Å². The Balaban J connectivity index is 1.57. The Morgan fingerprint density at radius 1 is 1.15 bits per heavy atom. The van der Waals surface area contributed by atoms with Crippen LogP contribution in [0.15, 0.2) is 47.2 Å². The summed E-state index contributed by atoms with van der Waals surface area (Å²) in [5.74, 6) is 0. The molecule has 0 fully saturated rings. The first kappa shape index (κ1) is 18.9. The fraction of sp³-hybridized carbons (Fsp3) is 0.350. The van der Waals surface area contributed by atoms with E-state index in [2.05, 4.69) is 59.3 Å². The molecule has 0 aliphatic rings. The van der Waals surface area contributed by atoms with E-state index in [1.54, 1.807) is 22.7 Å². The molecule has 2 aromatic heterocycles. The van der Waals surface area contributed by atoms with Gasteiger partial charge in [0.15, 0.2) is 0 Å². The Bertz CT molecular complexity index is 842. The van der Waals surface area contributed by atoms with Gasteiger partial charge in [0.1, 0.15) is 0 Å². The molecule has 1 aromatic carbocycles. The van der Waals surface area contributed by atoms with E-state index >= 15 is 0 Å². The summed E-state index contributed by atoms with van der Waals surface area (Å²) in [6.45, 7) is 2.62. The lowest BCUT2D eigenvalue weighted by Gasteiger charge is -2.25. The number of benzene rings is 1. The summed E-state index contributed by atoms with van der Waals surface area (Å²) in [7, 11) is 4.13. The predicted octanol–water partition coefficient (Wildman–Crippen LogP) is 4.50. The van der Waals surface area contributed by atoms with Gasteiger partial charge in [-0.05, 0) is 61.3 Å². The van der Waals surface area contributed by atoms with Gasteiger partial charge in [-0.1, -0.05) is 24.3 Å². The van der Waals surface area contributed by atoms with Crippen molar-refractivity contribution < 1.29 is 4.79 Å². The molecule has 2 amide bonds. The standard InChI is InChI=1S/C20H25N3OS2/c1-14(18-9-6-10-25-18)22-20(24)21-12-16(23(2)3)11-15-13-26-19-8-5-4-7-17(15)19/h4-10,13-14,16H,11-12H2,1-3H3,(H2,21,22,24)/t14-,16?/m0/s1. The first-order chi connectivity index (χ1) is 12.5. The zero-order valence-electron chi connectivity index (χ0n) is 15.4. The Labute approximate surface area is 162 Å². The lowest BCUT2D eigenvalue weighted by atomic mass is 10.0. The number of fused-ring (bicyclic) bond motifs is 1. The Morgan fingerprint density at radius 3 is 2.69 bits per heavy atom. The van der Waals surface area contributed by atoms with Crippen molar-refractivity contribution in [3.05, 3.63) is 57.6 Å². The molecule has 3 rings (SSSR count). The maximum atomic E-state index is 12.3. The quantitative estimate of drug-likeness (QED) is 0.627. The van der Waals surface area contributed by atoms with Gasteiger partial charge in [-0.3, -0.25) is 0 Å². The third-order valence-corrected chi connectivity index (χ3v) is 6.63. The number of thiophene rings is 2. The molecule has 4 nitrogen and oxygen atoms in total. The van der Waals surface area contributed by atoms with E-state index in [1.807, 2.05) is 24.4 Å². The molecular formula is C20H25N3OS2. The summed E-state index contributed by atoms with van der Waals surface area (Å²) in [5.41, 5.74) is 1.35. The van der Waals surface area contributed by atoms with E-state index in [0.29, 0.717) is 6.54 Å². The van der Waals surface area contributed by atoms with E-state index in [9.17, 15) is 4.79 Å². The second-order valence-corrected chi connectivity index (χ2v) is 8.56. The van der Waals surface area contributed by atoms with E-state index in [0.717, 1.165) is 11.3 Å². The van der Waals surface area contributed by atoms with Gasteiger partial charge in [-0.2, -0.15) is 0 Å². The molecule has 138 valence electrons. The molecular weight excluding hydrogens is 362 g/mol. The van der Waals surface area contributed by atoms with Crippen LogP contribution in [0.4, 0.5) is 4.79 Å². The zero-order chi connectivity index (χ0) is 18.5. The van der Waals surface area contributed by atoms with Gasteiger partial charge in [-0.25, -0.2) is 4.79 Å². The maximum Gasteiger partial charge on any atom is 0.315 e. The fourth-order valence-corrected chi connectivity index (χ4v) is 4.66. The summed E-state index contributed by atoms with van der Waals surface area (Å²) in [6, 6.07) is 12.7. The highest BCUT2D eigenvalue weighted by Crippen LogP contribution is 2.27. The van der Waals surface area contributed by atoms with Crippen LogP contribution in [-0.4, -0.2) is 37.6 Å². The fourth-order valence-electron chi connectivity index (χ4n) is 2.95. The summed E-state index contributed by atoms with van der Waals surface area (Å²) >= 11 is 3.44. The van der Waals surface area contributed by atoms with Gasteiger partial charge in [-0.15, -0.1) is 22.7 Å². The second-order valence-electron chi connectivity index (χ2n) is 6.67. The summed E-state index contributed by atoms with van der Waals surface area (Å²) < 4.78 is 1.32. The van der Waals surface area contributed by atoms with Crippen molar-refractivity contribution in [3.63, 3.8) is 0 Å². The van der Waals surface area contributed by atoms with Crippen molar-refractivity contribution in [2.24, 2.45) is 0 Å². The van der Waals surface area contributed by atoms with Gasteiger partial charge >= 0.3 is 6.03 Å². The van der Waals surface area contributed by atoms with Crippen molar-refractivity contribution in [1.82, 2.24) is 15.5 Å². The minimum atomic E-state index is -0.118. The van der Waals surface area contributed by atoms with Crippen LogP contribution >= 0.6 is 22.7 Å². The van der Waals surface area contributed by atoms with Crippen molar-refractivity contribution in [2.75, 3.05) is 20.6 Å². The Hall–Kier alpha value is -1.89. The molecule has 6 heteroatoms. The zero-order valence-corrected chi connectivity index (χ0v) is 17.0. The van der Waals surface area contributed by atoms with Gasteiger partial charge in [0.05, 0.1) is 6.04 Å². The predicted molar refractivity (Wildman–Crippen MR) is 112 cm³/mol. The molecule has 2 N–H and O–H groups in total. The van der Waals surface area contributed by atoms with E-state index in [1.165, 1.54) is 15.6 Å². The molecule has 0 radical (unpaired) electrons. The monoisotopic (exact) mass is 387 g/mol.